The molecule has 0 spiro atoms. The Labute approximate surface area is 906 Å². The van der Waals surface area contributed by atoms with Crippen molar-refractivity contribution in [2.75, 3.05) is 115 Å². The second-order valence-corrected chi connectivity index (χ2v) is 49.6. The zero-order chi connectivity index (χ0) is 103. The van der Waals surface area contributed by atoms with E-state index in [1.807, 2.05) is 45.0 Å². The first kappa shape index (κ1) is 117. The van der Waals surface area contributed by atoms with Crippen molar-refractivity contribution in [3.05, 3.63) is 392 Å². The molecule has 1 unspecified atom stereocenters. The van der Waals surface area contributed by atoms with Gasteiger partial charge in [-0.25, -0.2) is 0 Å². The zero-order valence-corrected chi connectivity index (χ0v) is 94.5. The average Bonchev–Trinajstić information content (AvgIpc) is 0.908. The largest absolute Gasteiger partial charge is 1.00 e. The lowest BCUT2D eigenvalue weighted by molar-refractivity contribution is -0.897. The number of rotatable bonds is 21. The number of ether oxygens (including phenoxy) is 2. The van der Waals surface area contributed by atoms with Crippen LogP contribution in [-0.2, 0) is 69.1 Å². The highest BCUT2D eigenvalue weighted by molar-refractivity contribution is 7.98. The number of piperidine rings is 4. The normalized spacial score (nSPS) is 16.5. The lowest BCUT2D eigenvalue weighted by Crippen LogP contribution is -3.00. The Hall–Kier alpha value is -9.89. The minimum atomic E-state index is -0.641. The molecule has 0 bridgehead atoms. The number of carbonyl (C=O) groups excluding carboxylic acids is 3. The molecule has 0 aromatic heterocycles. The van der Waals surface area contributed by atoms with Crippen LogP contribution in [0.5, 0.6) is 5.75 Å². The van der Waals surface area contributed by atoms with E-state index < -0.39 is 11.6 Å². The number of nitrogens with two attached hydrogens (primary N) is 1. The van der Waals surface area contributed by atoms with Crippen molar-refractivity contribution in [2.45, 2.75) is 269 Å². The summed E-state index contributed by atoms with van der Waals surface area (Å²) in [6, 6.07) is 135. The predicted molar refractivity (Wildman–Crippen MR) is 614 cm³/mol. The van der Waals surface area contributed by atoms with Crippen LogP contribution in [0.15, 0.2) is 429 Å². The van der Waals surface area contributed by atoms with E-state index in [2.05, 4.69) is 419 Å². The number of quaternary nitrogens is 1. The van der Waals surface area contributed by atoms with Gasteiger partial charge in [-0.05, 0) is 371 Å². The van der Waals surface area contributed by atoms with E-state index in [-0.39, 0.29) is 72.7 Å². The van der Waals surface area contributed by atoms with Gasteiger partial charge in [-0.15, -0.1) is 0 Å². The number of hydrogen-bond acceptors (Lipinski definition) is 11. The number of carbonyl (C=O) groups is 1. The van der Waals surface area contributed by atoms with Crippen molar-refractivity contribution in [2.24, 2.45) is 5.73 Å². The number of esters is 1. The third-order valence-electron chi connectivity index (χ3n) is 28.5. The molecule has 5 saturated heterocycles. The highest BCUT2D eigenvalue weighted by Crippen LogP contribution is 2.40. The van der Waals surface area contributed by atoms with Gasteiger partial charge in [0, 0.05) is 38.0 Å². The molecule has 1 atom stereocenters. The molecule has 2 aliphatic carbocycles. The third kappa shape index (κ3) is 39.8. The van der Waals surface area contributed by atoms with E-state index in [0.717, 1.165) is 45.8 Å². The van der Waals surface area contributed by atoms with Crippen LogP contribution in [-0.4, -0.2) is 186 Å². The van der Waals surface area contributed by atoms with Gasteiger partial charge in [-0.1, -0.05) is 263 Å². The maximum absolute atomic E-state index is 11.7. The molecule has 12 nitrogen and oxygen atoms in total. The van der Waals surface area contributed by atoms with Crippen LogP contribution in [0.2, 0.25) is 0 Å². The number of hydrogen-bond donors (Lipinski definition) is 1. The quantitative estimate of drug-likeness (QED) is 0.0422. The van der Waals surface area contributed by atoms with E-state index in [9.17, 15) is 4.79 Å². The molecule has 2 saturated carbocycles. The number of benzene rings is 13. The van der Waals surface area contributed by atoms with Crippen LogP contribution in [0, 0.1) is 6.92 Å². The monoisotopic (exact) mass is 2110 g/mol. The molecule has 7 aliphatic rings. The number of halogens is 1. The minimum absolute atomic E-state index is 0. The van der Waals surface area contributed by atoms with Crippen molar-refractivity contribution >= 4 is 55.7 Å². The Morgan fingerprint density at radius 2 is 0.565 bits per heavy atom. The van der Waals surface area contributed by atoms with Gasteiger partial charge in [0.05, 0.1) is 77.9 Å². The van der Waals surface area contributed by atoms with Gasteiger partial charge in [0.1, 0.15) is 17.4 Å². The molecule has 7 fully saturated rings. The molecule has 20 rings (SSSR count). The molecule has 17 heteroatoms. The second-order valence-electron chi connectivity index (χ2n) is 41.5. The average molecular weight is 2110 g/mol. The maximum Gasteiger partial charge on any atom is 0.373 e. The summed E-state index contributed by atoms with van der Waals surface area (Å²) in [5.41, 5.74) is 10.7. The van der Waals surface area contributed by atoms with Gasteiger partial charge in [0.15, 0.2) is 58.7 Å². The van der Waals surface area contributed by atoms with E-state index in [1.54, 1.807) is 7.11 Å². The Balaban J connectivity index is 0.000000161. The minimum Gasteiger partial charge on any atom is -1.00 e. The summed E-state index contributed by atoms with van der Waals surface area (Å²) in [6.07, 6.45) is 30.1. The maximum atomic E-state index is 11.7. The molecule has 147 heavy (non-hydrogen) atoms. The fourth-order valence-electron chi connectivity index (χ4n) is 20.3. The predicted octanol–water partition coefficient (Wildman–Crippen LogP) is 25.4. The molecule has 0 amide bonds. The van der Waals surface area contributed by atoms with Crippen molar-refractivity contribution in [3.63, 3.8) is 0 Å². The van der Waals surface area contributed by atoms with Crippen LogP contribution < -0.4 is 27.5 Å². The van der Waals surface area contributed by atoms with E-state index in [0.29, 0.717) is 6.42 Å². The molecule has 0 radical (unpaired) electrons. The van der Waals surface area contributed by atoms with Crippen molar-refractivity contribution in [1.82, 2.24) is 24.5 Å². The molecule has 5 heterocycles. The fraction of sp³-hybridized carbons (Fsp3) is 0.385. The third-order valence-corrected chi connectivity index (χ3v) is 37.4. The number of methoxy groups -OCH3 is 1. The van der Waals surface area contributed by atoms with Crippen LogP contribution in [0.1, 0.15) is 190 Å². The first-order valence-electron chi connectivity index (χ1n) is 53.7. The van der Waals surface area contributed by atoms with E-state index in [4.69, 9.17) is 24.8 Å². The first-order chi connectivity index (χ1) is 71.1. The lowest BCUT2D eigenvalue weighted by atomic mass is 9.84. The molecular weight excluding hydrogens is 1950 g/mol. The highest BCUT2D eigenvalue weighted by atomic mass is 79.9. The summed E-state index contributed by atoms with van der Waals surface area (Å²) in [7, 11) is 15.1. The summed E-state index contributed by atoms with van der Waals surface area (Å²) in [6.45, 7) is 20.9. The van der Waals surface area contributed by atoms with Gasteiger partial charge in [-0.3, -0.25) is 4.79 Å². The van der Waals surface area contributed by atoms with Crippen molar-refractivity contribution in [1.29, 1.82) is 0 Å². The van der Waals surface area contributed by atoms with E-state index >= 15 is 0 Å². The lowest BCUT2D eigenvalue weighted by Gasteiger charge is -2.39. The van der Waals surface area contributed by atoms with Gasteiger partial charge in [0.2, 0.25) is 0 Å². The molecule has 13 aromatic rings. The SMILES string of the molecule is CN1CCC(N2CCCC2)CC1.CN1CCC(N2CCCCC2)CC1.CN1CCC([N+](C)(C)C)CC1.COc1ccc(CC(N)C(=O)OC(C)(C)C)cc1.Cc1ccc([S+](c2ccccc2)c2ccccc2)cc1.O=C=O.[Br-].c1ccc([S+](c2ccccc2)c2ccc(C3CCCCC3)cc2)cc1.c1ccc([S+](c2ccccc2)c2ccc(C3CCCCC3)cc2)cc1.c1ccc([S+](c2ccccc2)c2ccccc2)cc1. The molecular formula is C130H166BrN7O5S4+4. The Morgan fingerprint density at radius 1 is 0.333 bits per heavy atom. The zero-order valence-electron chi connectivity index (χ0n) is 89.6. The van der Waals surface area contributed by atoms with Gasteiger partial charge in [-0.2, -0.15) is 9.59 Å². The molecule has 2 N–H and O–H groups in total. The molecule has 5 aliphatic heterocycles. The van der Waals surface area contributed by atoms with Gasteiger partial charge in [0.25, 0.3) is 0 Å². The summed E-state index contributed by atoms with van der Waals surface area (Å²) >= 11 is 0. The van der Waals surface area contributed by atoms with Crippen LogP contribution in [0.4, 0.5) is 0 Å². The van der Waals surface area contributed by atoms with Crippen LogP contribution >= 0.6 is 0 Å². The van der Waals surface area contributed by atoms with Gasteiger partial charge < -0.3 is 61.2 Å². The number of aryl methyl sites for hydroxylation is 1. The first-order valence-corrected chi connectivity index (χ1v) is 58.6. The standard InChI is InChI=1S/2C24H25S.C19H17S.C18H15S.C14H21NO3.C11H22N2.C10H20N2.C9H21N2.CO2.BrH/c2*1-4-10-20(11-5-1)21-16-18-24(19-17-21)25(22-12-6-2-7-13-22)23-14-8-3-9-15-23;1-16-12-14-19(15-13-16)20(17-8-4-2-5-9-17)18-10-6-3-7-11-18;1-4-10-16(11-5-1)19(17-12-6-2-7-13-17)18-14-8-3-9-15-18;1-14(2,3)18-13(16)12(15)9-10-5-7-11(17-4)8-6-10;1-12-9-5-11(6-10-12)13-7-3-2-4-8-13;1-11-8-4-10(5-9-11)12-6-2-3-7-12;1-10-7-5-9(6-8-10)11(2,3)4;2-1-3;/h2*2-3,6-9,12-20H,1,4-5,10-11H2;2-15H,1H3;1-15H;5-8,12H,9,15H2,1-4H3;11H,2-10H2,1H3;10H,2-9H2,1H3;9H,5-8H2,1-4H3;;1H/q4*+1;;;;+1;;/p-1. The second kappa shape index (κ2) is 64.0. The highest BCUT2D eigenvalue weighted by Gasteiger charge is 2.35. The number of likely N-dealkylation sites (tertiary alicyclic amines) is 5. The number of nitrogens with zero attached hydrogens (tertiary/aromatic N) is 6. The fourth-order valence-corrected chi connectivity index (χ4v) is 28.7. The van der Waals surface area contributed by atoms with Crippen molar-refractivity contribution < 1.29 is 45.3 Å². The Bertz CT molecular complexity index is 5370. The summed E-state index contributed by atoms with van der Waals surface area (Å²) in [5, 5.41) is 0. The summed E-state index contributed by atoms with van der Waals surface area (Å²) in [4.78, 5) is 57.3. The topological polar surface area (TPSA) is 112 Å². The van der Waals surface area contributed by atoms with Crippen LogP contribution in [0.3, 0.4) is 0 Å². The van der Waals surface area contributed by atoms with Gasteiger partial charge >= 0.3 is 12.1 Å². The molecule has 13 aromatic carbocycles. The summed E-state index contributed by atoms with van der Waals surface area (Å²) < 4.78 is 11.4. The summed E-state index contributed by atoms with van der Waals surface area (Å²) in [5.74, 6) is 1.96. The van der Waals surface area contributed by atoms with E-state index in [1.165, 1.54) is 276 Å². The Morgan fingerprint density at radius 3 is 0.810 bits per heavy atom. The smallest absolute Gasteiger partial charge is 0.373 e. The van der Waals surface area contributed by atoms with Crippen molar-refractivity contribution in [3.8, 4) is 5.75 Å². The Kier molecular flexibility index (Phi) is 51.1. The molecule has 778 valence electrons. The van der Waals surface area contributed by atoms with Crippen LogP contribution in [0.25, 0.3) is 0 Å².